The van der Waals surface area contributed by atoms with Crippen LogP contribution in [0.5, 0.6) is 0 Å². The molecule has 0 amide bonds. The third-order valence-electron chi connectivity index (χ3n) is 2.98. The Labute approximate surface area is 107 Å². The summed E-state index contributed by atoms with van der Waals surface area (Å²) in [6.07, 6.45) is 0.671. The molecule has 2 unspecified atom stereocenters. The molecule has 0 radical (unpaired) electrons. The van der Waals surface area contributed by atoms with Crippen molar-refractivity contribution in [2.24, 2.45) is 0 Å². The Morgan fingerprint density at radius 1 is 1.53 bits per heavy atom. The average molecular weight is 260 g/mol. The lowest BCUT2D eigenvalue weighted by Crippen LogP contribution is -2.38. The third-order valence-corrected chi connectivity index (χ3v) is 3.31. The van der Waals surface area contributed by atoms with E-state index in [0.717, 1.165) is 5.56 Å². The maximum Gasteiger partial charge on any atom is 0.124 e. The van der Waals surface area contributed by atoms with E-state index in [0.29, 0.717) is 18.0 Å². The zero-order valence-electron chi connectivity index (χ0n) is 10.4. The highest BCUT2D eigenvalue weighted by atomic mass is 35.5. The summed E-state index contributed by atoms with van der Waals surface area (Å²) >= 11 is 5.97. The van der Waals surface area contributed by atoms with Crippen LogP contribution in [-0.4, -0.2) is 17.3 Å². The van der Waals surface area contributed by atoms with E-state index in [1.807, 2.05) is 13.8 Å². The van der Waals surface area contributed by atoms with Crippen LogP contribution in [0.1, 0.15) is 38.8 Å². The zero-order valence-corrected chi connectivity index (χ0v) is 11.2. The monoisotopic (exact) mass is 259 g/mol. The molecular weight excluding hydrogens is 241 g/mol. The first-order valence-electron chi connectivity index (χ1n) is 5.76. The zero-order chi connectivity index (χ0) is 13.1. The second kappa shape index (κ2) is 5.80. The van der Waals surface area contributed by atoms with Gasteiger partial charge in [-0.05, 0) is 38.0 Å². The highest BCUT2D eigenvalue weighted by molar-refractivity contribution is 6.31. The summed E-state index contributed by atoms with van der Waals surface area (Å²) in [5.74, 6) is -0.341. The molecule has 0 aliphatic heterocycles. The smallest absolute Gasteiger partial charge is 0.124 e. The second-order valence-corrected chi connectivity index (χ2v) is 5.03. The van der Waals surface area contributed by atoms with Crippen molar-refractivity contribution >= 4 is 11.6 Å². The van der Waals surface area contributed by atoms with Gasteiger partial charge in [-0.25, -0.2) is 4.39 Å². The number of hydrogen-bond donors (Lipinski definition) is 2. The van der Waals surface area contributed by atoms with Crippen molar-refractivity contribution in [1.82, 2.24) is 5.32 Å². The molecule has 0 spiro atoms. The number of rotatable bonds is 5. The molecule has 0 heterocycles. The van der Waals surface area contributed by atoms with Crippen molar-refractivity contribution in [2.45, 2.75) is 38.8 Å². The lowest BCUT2D eigenvalue weighted by molar-refractivity contribution is 0.0533. The molecule has 1 aromatic rings. The van der Waals surface area contributed by atoms with E-state index >= 15 is 0 Å². The summed E-state index contributed by atoms with van der Waals surface area (Å²) in [5, 5.41) is 13.5. The predicted molar refractivity (Wildman–Crippen MR) is 68.7 cm³/mol. The van der Waals surface area contributed by atoms with Gasteiger partial charge in [0.15, 0.2) is 0 Å². The number of aliphatic hydroxyl groups is 1. The summed E-state index contributed by atoms with van der Waals surface area (Å²) in [4.78, 5) is 0. The Morgan fingerprint density at radius 2 is 2.18 bits per heavy atom. The molecule has 0 bridgehead atoms. The van der Waals surface area contributed by atoms with Gasteiger partial charge in [0.2, 0.25) is 0 Å². The van der Waals surface area contributed by atoms with Gasteiger partial charge < -0.3 is 10.4 Å². The SMILES string of the molecule is CCC(C)(O)CNC(C)c1ccc(F)cc1Cl. The summed E-state index contributed by atoms with van der Waals surface area (Å²) < 4.78 is 12.9. The van der Waals surface area contributed by atoms with Gasteiger partial charge >= 0.3 is 0 Å². The van der Waals surface area contributed by atoms with Gasteiger partial charge in [0.25, 0.3) is 0 Å². The van der Waals surface area contributed by atoms with Crippen LogP contribution in [0, 0.1) is 5.82 Å². The maximum atomic E-state index is 12.9. The molecule has 1 rings (SSSR count). The minimum atomic E-state index is -0.735. The van der Waals surface area contributed by atoms with Crippen LogP contribution in [-0.2, 0) is 0 Å². The molecule has 2 atom stereocenters. The molecule has 17 heavy (non-hydrogen) atoms. The molecule has 0 fully saturated rings. The average Bonchev–Trinajstić information content (AvgIpc) is 2.26. The lowest BCUT2D eigenvalue weighted by Gasteiger charge is -2.25. The van der Waals surface area contributed by atoms with Crippen LogP contribution < -0.4 is 5.32 Å². The molecule has 0 aliphatic rings. The largest absolute Gasteiger partial charge is 0.389 e. The molecule has 96 valence electrons. The Bertz CT molecular complexity index is 382. The number of benzene rings is 1. The molecular formula is C13H19ClFNO. The van der Waals surface area contributed by atoms with Gasteiger partial charge in [-0.15, -0.1) is 0 Å². The summed E-state index contributed by atoms with van der Waals surface area (Å²) in [5.41, 5.74) is 0.0980. The molecule has 0 aromatic heterocycles. The minimum absolute atomic E-state index is 0.0267. The normalized spacial score (nSPS) is 16.6. The van der Waals surface area contributed by atoms with Crippen molar-refractivity contribution in [3.63, 3.8) is 0 Å². The van der Waals surface area contributed by atoms with Crippen LogP contribution in [0.3, 0.4) is 0 Å². The minimum Gasteiger partial charge on any atom is -0.389 e. The molecule has 1 aromatic carbocycles. The maximum absolute atomic E-state index is 12.9. The van der Waals surface area contributed by atoms with Gasteiger partial charge in [0.05, 0.1) is 5.60 Å². The van der Waals surface area contributed by atoms with E-state index < -0.39 is 5.60 Å². The van der Waals surface area contributed by atoms with Crippen molar-refractivity contribution in [3.8, 4) is 0 Å². The predicted octanol–water partition coefficient (Wildman–Crippen LogP) is 3.29. The molecule has 0 aliphatic carbocycles. The van der Waals surface area contributed by atoms with Crippen LogP contribution in [0.2, 0.25) is 5.02 Å². The first kappa shape index (κ1) is 14.4. The van der Waals surface area contributed by atoms with Crippen LogP contribution in [0.25, 0.3) is 0 Å². The standard InChI is InChI=1S/C13H19ClFNO/c1-4-13(3,17)8-16-9(2)11-6-5-10(15)7-12(11)14/h5-7,9,16-17H,4,8H2,1-3H3. The fraction of sp³-hybridized carbons (Fsp3) is 0.538. The first-order valence-corrected chi connectivity index (χ1v) is 6.14. The number of halogens is 2. The molecule has 4 heteroatoms. The van der Waals surface area contributed by atoms with Crippen molar-refractivity contribution in [2.75, 3.05) is 6.54 Å². The first-order chi connectivity index (χ1) is 7.85. The molecule has 0 saturated heterocycles. The summed E-state index contributed by atoms with van der Waals surface area (Å²) in [7, 11) is 0. The van der Waals surface area contributed by atoms with E-state index in [2.05, 4.69) is 5.32 Å². The lowest BCUT2D eigenvalue weighted by atomic mass is 10.0. The Kier molecular flexibility index (Phi) is 4.92. The highest BCUT2D eigenvalue weighted by Crippen LogP contribution is 2.24. The van der Waals surface area contributed by atoms with Crippen LogP contribution in [0.4, 0.5) is 4.39 Å². The Balaban J connectivity index is 2.67. The van der Waals surface area contributed by atoms with Crippen molar-refractivity contribution in [3.05, 3.63) is 34.6 Å². The Morgan fingerprint density at radius 3 is 2.71 bits per heavy atom. The third kappa shape index (κ3) is 4.26. The van der Waals surface area contributed by atoms with E-state index in [-0.39, 0.29) is 11.9 Å². The topological polar surface area (TPSA) is 32.3 Å². The molecule has 2 N–H and O–H groups in total. The van der Waals surface area contributed by atoms with E-state index in [1.54, 1.807) is 13.0 Å². The van der Waals surface area contributed by atoms with Crippen molar-refractivity contribution < 1.29 is 9.50 Å². The second-order valence-electron chi connectivity index (χ2n) is 4.62. The quantitative estimate of drug-likeness (QED) is 0.851. The van der Waals surface area contributed by atoms with Gasteiger partial charge in [0.1, 0.15) is 5.82 Å². The van der Waals surface area contributed by atoms with Crippen LogP contribution in [0.15, 0.2) is 18.2 Å². The summed E-state index contributed by atoms with van der Waals surface area (Å²) in [6, 6.07) is 4.32. The van der Waals surface area contributed by atoms with Crippen LogP contribution >= 0.6 is 11.6 Å². The molecule has 0 saturated carbocycles. The Hall–Kier alpha value is -0.640. The fourth-order valence-electron chi connectivity index (χ4n) is 1.46. The van der Waals surface area contributed by atoms with Gasteiger partial charge in [-0.1, -0.05) is 24.6 Å². The number of hydrogen-bond acceptors (Lipinski definition) is 2. The summed E-state index contributed by atoms with van der Waals surface area (Å²) in [6.45, 7) is 6.11. The van der Waals surface area contributed by atoms with Gasteiger partial charge in [-0.3, -0.25) is 0 Å². The van der Waals surface area contributed by atoms with E-state index in [9.17, 15) is 9.50 Å². The van der Waals surface area contributed by atoms with Gasteiger partial charge in [0, 0.05) is 17.6 Å². The van der Waals surface area contributed by atoms with E-state index in [1.165, 1.54) is 12.1 Å². The fourth-order valence-corrected chi connectivity index (χ4v) is 1.79. The van der Waals surface area contributed by atoms with Crippen molar-refractivity contribution in [1.29, 1.82) is 0 Å². The molecule has 2 nitrogen and oxygen atoms in total. The van der Waals surface area contributed by atoms with E-state index in [4.69, 9.17) is 11.6 Å². The number of nitrogens with one attached hydrogen (secondary N) is 1. The van der Waals surface area contributed by atoms with Gasteiger partial charge in [-0.2, -0.15) is 0 Å². The highest BCUT2D eigenvalue weighted by Gasteiger charge is 2.19.